The minimum atomic E-state index is -0.0724. The van der Waals surface area contributed by atoms with Gasteiger partial charge in [-0.3, -0.25) is 4.79 Å². The molecule has 148 valence electrons. The van der Waals surface area contributed by atoms with Gasteiger partial charge >= 0.3 is 0 Å². The highest BCUT2D eigenvalue weighted by Crippen LogP contribution is 2.31. The van der Waals surface area contributed by atoms with E-state index in [-0.39, 0.29) is 5.56 Å². The molecule has 28 heavy (non-hydrogen) atoms. The summed E-state index contributed by atoms with van der Waals surface area (Å²) in [7, 11) is 1.65. The number of benzene rings is 1. The van der Waals surface area contributed by atoms with Crippen molar-refractivity contribution in [1.82, 2.24) is 19.5 Å². The first-order chi connectivity index (χ1) is 13.5. The van der Waals surface area contributed by atoms with E-state index in [0.29, 0.717) is 11.8 Å². The Bertz CT molecular complexity index is 1010. The van der Waals surface area contributed by atoms with Crippen LogP contribution in [0.4, 0.5) is 0 Å². The van der Waals surface area contributed by atoms with Crippen molar-refractivity contribution in [3.05, 3.63) is 52.6 Å². The largest absolute Gasteiger partial charge is 0.497 e. The number of hydrogen-bond acceptors (Lipinski definition) is 4. The number of H-pyrrole nitrogens is 1. The monoisotopic (exact) mass is 380 g/mol. The fourth-order valence-electron chi connectivity index (χ4n) is 4.23. The Morgan fingerprint density at radius 3 is 2.75 bits per heavy atom. The van der Waals surface area contributed by atoms with Gasteiger partial charge in [-0.2, -0.15) is 5.10 Å². The average molecular weight is 380 g/mol. The number of nitrogens with one attached hydrogen (secondary N) is 1. The standard InChI is InChI=1S/C22H28N4O2/c1-15(2)14-25-9-7-16(8-10-25)20-12-21(27)24-22-19(13-23-26(20)22)17-5-4-6-18(11-17)28-3/h4-6,11-13,15-16H,7-10,14H2,1-3H3,(H,24,27). The SMILES string of the molecule is COc1cccc(-c2cnn3c(C4CCN(CC(C)C)CC4)cc(=O)[nH]c23)c1. The zero-order valence-corrected chi connectivity index (χ0v) is 16.8. The molecule has 0 unspecified atom stereocenters. The zero-order valence-electron chi connectivity index (χ0n) is 16.8. The fourth-order valence-corrected chi connectivity index (χ4v) is 4.23. The van der Waals surface area contributed by atoms with E-state index in [1.54, 1.807) is 13.2 Å². The molecule has 4 rings (SSSR count). The Balaban J connectivity index is 1.68. The maximum absolute atomic E-state index is 12.4. The van der Waals surface area contributed by atoms with Gasteiger partial charge in [0.2, 0.25) is 0 Å². The number of nitrogens with zero attached hydrogens (tertiary/aromatic N) is 3. The van der Waals surface area contributed by atoms with Crippen LogP contribution in [-0.4, -0.2) is 46.2 Å². The molecule has 2 aromatic heterocycles. The summed E-state index contributed by atoms with van der Waals surface area (Å²) in [6.45, 7) is 7.80. The lowest BCUT2D eigenvalue weighted by Gasteiger charge is -2.33. The number of methoxy groups -OCH3 is 1. The number of fused-ring (bicyclic) bond motifs is 1. The van der Waals surface area contributed by atoms with E-state index in [0.717, 1.165) is 60.7 Å². The number of rotatable bonds is 5. The molecule has 1 aromatic carbocycles. The molecule has 0 aliphatic carbocycles. The van der Waals surface area contributed by atoms with E-state index in [1.807, 2.05) is 35.0 Å². The van der Waals surface area contributed by atoms with Crippen molar-refractivity contribution in [2.75, 3.05) is 26.7 Å². The topological polar surface area (TPSA) is 62.6 Å². The van der Waals surface area contributed by atoms with Crippen molar-refractivity contribution in [3.8, 4) is 16.9 Å². The van der Waals surface area contributed by atoms with E-state index in [1.165, 1.54) is 0 Å². The molecule has 0 spiro atoms. The van der Waals surface area contributed by atoms with Crippen LogP contribution in [0.2, 0.25) is 0 Å². The van der Waals surface area contributed by atoms with Crippen LogP contribution in [0.15, 0.2) is 41.3 Å². The highest BCUT2D eigenvalue weighted by Gasteiger charge is 2.24. The van der Waals surface area contributed by atoms with Crippen molar-refractivity contribution in [2.24, 2.45) is 5.92 Å². The molecule has 0 bridgehead atoms. The first-order valence-corrected chi connectivity index (χ1v) is 10.0. The van der Waals surface area contributed by atoms with Crippen LogP contribution < -0.4 is 10.3 Å². The molecule has 0 amide bonds. The second-order valence-corrected chi connectivity index (χ2v) is 8.08. The van der Waals surface area contributed by atoms with E-state index < -0.39 is 0 Å². The lowest BCUT2D eigenvalue weighted by atomic mass is 9.92. The predicted molar refractivity (Wildman–Crippen MR) is 111 cm³/mol. The van der Waals surface area contributed by atoms with Gasteiger partial charge in [-0.25, -0.2) is 4.52 Å². The number of hydrogen-bond donors (Lipinski definition) is 1. The van der Waals surface area contributed by atoms with Crippen LogP contribution in [-0.2, 0) is 0 Å². The van der Waals surface area contributed by atoms with Gasteiger partial charge in [0.05, 0.1) is 19.0 Å². The zero-order chi connectivity index (χ0) is 19.7. The maximum Gasteiger partial charge on any atom is 0.251 e. The summed E-state index contributed by atoms with van der Waals surface area (Å²) >= 11 is 0. The van der Waals surface area contributed by atoms with E-state index in [4.69, 9.17) is 4.74 Å². The Morgan fingerprint density at radius 1 is 1.25 bits per heavy atom. The van der Waals surface area contributed by atoms with Gasteiger partial charge in [-0.1, -0.05) is 26.0 Å². The fraction of sp³-hybridized carbons (Fsp3) is 0.455. The Labute approximate surface area is 165 Å². The third-order valence-electron chi connectivity index (χ3n) is 5.54. The van der Waals surface area contributed by atoms with Crippen LogP contribution >= 0.6 is 0 Å². The van der Waals surface area contributed by atoms with E-state index in [2.05, 4.69) is 28.8 Å². The number of ether oxygens (including phenoxy) is 1. The predicted octanol–water partition coefficient (Wildman–Crippen LogP) is 3.53. The van der Waals surface area contributed by atoms with Gasteiger partial charge < -0.3 is 14.6 Å². The lowest BCUT2D eigenvalue weighted by molar-refractivity contribution is 0.190. The molecule has 0 atom stereocenters. The molecule has 3 heterocycles. The Hall–Kier alpha value is -2.60. The molecule has 6 nitrogen and oxygen atoms in total. The first kappa shape index (κ1) is 18.7. The Morgan fingerprint density at radius 2 is 2.04 bits per heavy atom. The summed E-state index contributed by atoms with van der Waals surface area (Å²) in [6, 6.07) is 9.55. The highest BCUT2D eigenvalue weighted by atomic mass is 16.5. The third kappa shape index (κ3) is 3.69. The van der Waals surface area contributed by atoms with Crippen molar-refractivity contribution in [3.63, 3.8) is 0 Å². The Kier molecular flexibility index (Phi) is 5.22. The highest BCUT2D eigenvalue weighted by molar-refractivity contribution is 5.77. The molecule has 3 aromatic rings. The molecule has 6 heteroatoms. The van der Waals surface area contributed by atoms with Gasteiger partial charge in [0, 0.05) is 24.1 Å². The summed E-state index contributed by atoms with van der Waals surface area (Å²) in [5.74, 6) is 1.82. The van der Waals surface area contributed by atoms with Crippen molar-refractivity contribution in [2.45, 2.75) is 32.6 Å². The van der Waals surface area contributed by atoms with Crippen molar-refractivity contribution < 1.29 is 4.74 Å². The van der Waals surface area contributed by atoms with Gasteiger partial charge in [0.15, 0.2) is 0 Å². The van der Waals surface area contributed by atoms with E-state index >= 15 is 0 Å². The van der Waals surface area contributed by atoms with Gasteiger partial charge in [0.1, 0.15) is 11.4 Å². The number of piperidine rings is 1. The second-order valence-electron chi connectivity index (χ2n) is 8.08. The summed E-state index contributed by atoms with van der Waals surface area (Å²) in [5, 5.41) is 4.63. The van der Waals surface area contributed by atoms with Crippen LogP contribution in [0, 0.1) is 5.92 Å². The first-order valence-electron chi connectivity index (χ1n) is 10.0. The third-order valence-corrected chi connectivity index (χ3v) is 5.54. The van der Waals surface area contributed by atoms with Crippen molar-refractivity contribution in [1.29, 1.82) is 0 Å². The molecule has 1 N–H and O–H groups in total. The summed E-state index contributed by atoms with van der Waals surface area (Å²) < 4.78 is 7.26. The molecule has 1 aliphatic heterocycles. The normalized spacial score (nSPS) is 16.1. The minimum Gasteiger partial charge on any atom is -0.497 e. The summed E-state index contributed by atoms with van der Waals surface area (Å²) in [5.41, 5.74) is 3.58. The average Bonchev–Trinajstić information content (AvgIpc) is 3.11. The lowest BCUT2D eigenvalue weighted by Crippen LogP contribution is -2.36. The quantitative estimate of drug-likeness (QED) is 0.735. The van der Waals surface area contributed by atoms with Gasteiger partial charge in [0.25, 0.3) is 5.56 Å². The molecular formula is C22H28N4O2. The molecular weight excluding hydrogens is 352 g/mol. The number of aromatic nitrogens is 3. The molecule has 0 radical (unpaired) electrons. The van der Waals surface area contributed by atoms with Crippen LogP contribution in [0.1, 0.15) is 38.3 Å². The van der Waals surface area contributed by atoms with Crippen LogP contribution in [0.25, 0.3) is 16.8 Å². The summed E-state index contributed by atoms with van der Waals surface area (Å²) in [6.07, 6.45) is 3.94. The number of likely N-dealkylation sites (tertiary alicyclic amines) is 1. The smallest absolute Gasteiger partial charge is 0.251 e. The maximum atomic E-state index is 12.4. The van der Waals surface area contributed by atoms with Crippen LogP contribution in [0.5, 0.6) is 5.75 Å². The van der Waals surface area contributed by atoms with E-state index in [9.17, 15) is 4.79 Å². The minimum absolute atomic E-state index is 0.0724. The molecule has 0 saturated carbocycles. The van der Waals surface area contributed by atoms with Crippen LogP contribution in [0.3, 0.4) is 0 Å². The molecule has 1 saturated heterocycles. The summed E-state index contributed by atoms with van der Waals surface area (Å²) in [4.78, 5) is 17.9. The van der Waals surface area contributed by atoms with Gasteiger partial charge in [-0.05, 0) is 49.5 Å². The van der Waals surface area contributed by atoms with Gasteiger partial charge in [-0.15, -0.1) is 0 Å². The molecule has 1 fully saturated rings. The second kappa shape index (κ2) is 7.80. The number of aromatic amines is 1. The molecule has 1 aliphatic rings. The van der Waals surface area contributed by atoms with Crippen molar-refractivity contribution >= 4 is 5.65 Å².